The summed E-state index contributed by atoms with van der Waals surface area (Å²) in [6.07, 6.45) is 0.998. The van der Waals surface area contributed by atoms with Crippen LogP contribution in [0.15, 0.2) is 11.1 Å². The Morgan fingerprint density at radius 1 is 1.07 bits per heavy atom. The molecule has 27 heavy (non-hydrogen) atoms. The molecule has 0 radical (unpaired) electrons. The van der Waals surface area contributed by atoms with Gasteiger partial charge in [0.2, 0.25) is 0 Å². The largest absolute Gasteiger partial charge is 0.357 e. The molecule has 0 aliphatic carbocycles. The molecule has 0 saturated carbocycles. The van der Waals surface area contributed by atoms with E-state index in [-0.39, 0.29) is 24.0 Å². The van der Waals surface area contributed by atoms with Gasteiger partial charge in [0.25, 0.3) is 0 Å². The van der Waals surface area contributed by atoms with Gasteiger partial charge in [-0.05, 0) is 39.8 Å². The number of guanidine groups is 1. The molecule has 1 aliphatic heterocycles. The molecule has 0 bridgehead atoms. The fourth-order valence-corrected chi connectivity index (χ4v) is 3.32. The SMILES string of the molecule is CCNC(=NCCCn1nc(C)cc1C)NCCN1CCN(CC)CC1.I. The van der Waals surface area contributed by atoms with Crippen LogP contribution >= 0.6 is 24.0 Å². The second-order valence-corrected chi connectivity index (χ2v) is 6.97. The molecular formula is C19H38IN7. The summed E-state index contributed by atoms with van der Waals surface area (Å²) in [4.78, 5) is 9.74. The maximum Gasteiger partial charge on any atom is 0.191 e. The van der Waals surface area contributed by atoms with E-state index in [1.807, 2.05) is 6.92 Å². The highest BCUT2D eigenvalue weighted by molar-refractivity contribution is 14.0. The van der Waals surface area contributed by atoms with Crippen LogP contribution in [0.25, 0.3) is 0 Å². The van der Waals surface area contributed by atoms with Gasteiger partial charge in [0.15, 0.2) is 5.96 Å². The van der Waals surface area contributed by atoms with Gasteiger partial charge < -0.3 is 15.5 Å². The number of hydrogen-bond donors (Lipinski definition) is 2. The number of hydrogen-bond acceptors (Lipinski definition) is 4. The highest BCUT2D eigenvalue weighted by Gasteiger charge is 2.14. The molecule has 2 N–H and O–H groups in total. The number of aryl methyl sites for hydroxylation is 3. The van der Waals surface area contributed by atoms with Crippen LogP contribution in [-0.4, -0.2) is 84.4 Å². The smallest absolute Gasteiger partial charge is 0.191 e. The topological polar surface area (TPSA) is 60.7 Å². The van der Waals surface area contributed by atoms with E-state index in [9.17, 15) is 0 Å². The van der Waals surface area contributed by atoms with Gasteiger partial charge in [-0.3, -0.25) is 14.6 Å². The molecular weight excluding hydrogens is 453 g/mol. The second kappa shape index (κ2) is 13.3. The minimum Gasteiger partial charge on any atom is -0.357 e. The number of piperazine rings is 1. The zero-order valence-electron chi connectivity index (χ0n) is 17.5. The minimum atomic E-state index is 0. The lowest BCUT2D eigenvalue weighted by molar-refractivity contribution is 0.139. The Hall–Kier alpha value is -0.870. The lowest BCUT2D eigenvalue weighted by Crippen LogP contribution is -2.49. The summed E-state index contributed by atoms with van der Waals surface area (Å²) in [7, 11) is 0. The quantitative estimate of drug-likeness (QED) is 0.239. The molecule has 8 heteroatoms. The monoisotopic (exact) mass is 491 g/mol. The fraction of sp³-hybridized carbons (Fsp3) is 0.789. The Morgan fingerprint density at radius 3 is 2.37 bits per heavy atom. The molecule has 0 spiro atoms. The summed E-state index contributed by atoms with van der Waals surface area (Å²) in [6.45, 7) is 19.0. The Labute approximate surface area is 182 Å². The van der Waals surface area contributed by atoms with E-state index >= 15 is 0 Å². The third-order valence-corrected chi connectivity index (χ3v) is 4.88. The van der Waals surface area contributed by atoms with Crippen LogP contribution < -0.4 is 10.6 Å². The van der Waals surface area contributed by atoms with Crippen molar-refractivity contribution in [3.8, 4) is 0 Å². The zero-order valence-corrected chi connectivity index (χ0v) is 19.8. The standard InChI is InChI=1S/C19H37N7.HI/c1-5-20-19(21-8-7-10-26-18(4)16-17(3)23-26)22-9-11-25-14-12-24(6-2)13-15-25;/h16H,5-15H2,1-4H3,(H2,20,21,22);1H. The maximum absolute atomic E-state index is 4.70. The maximum atomic E-state index is 4.70. The summed E-state index contributed by atoms with van der Waals surface area (Å²) in [5.41, 5.74) is 2.31. The number of nitrogens with one attached hydrogen (secondary N) is 2. The van der Waals surface area contributed by atoms with Gasteiger partial charge in [0, 0.05) is 64.6 Å². The molecule has 0 amide bonds. The number of aliphatic imine (C=N–C) groups is 1. The summed E-state index contributed by atoms with van der Waals surface area (Å²) in [5, 5.41) is 11.3. The summed E-state index contributed by atoms with van der Waals surface area (Å²) in [6, 6.07) is 2.12. The minimum absolute atomic E-state index is 0. The van der Waals surface area contributed by atoms with Crippen LogP contribution in [0.5, 0.6) is 0 Å². The molecule has 1 aliphatic rings. The van der Waals surface area contributed by atoms with Crippen molar-refractivity contribution in [1.82, 2.24) is 30.2 Å². The molecule has 156 valence electrons. The molecule has 7 nitrogen and oxygen atoms in total. The van der Waals surface area contributed by atoms with Gasteiger partial charge in [0.05, 0.1) is 5.69 Å². The molecule has 2 heterocycles. The highest BCUT2D eigenvalue weighted by atomic mass is 127. The van der Waals surface area contributed by atoms with Gasteiger partial charge in [0.1, 0.15) is 0 Å². The van der Waals surface area contributed by atoms with Crippen molar-refractivity contribution in [3.05, 3.63) is 17.5 Å². The summed E-state index contributed by atoms with van der Waals surface area (Å²) >= 11 is 0. The lowest BCUT2D eigenvalue weighted by Gasteiger charge is -2.34. The first-order valence-corrected chi connectivity index (χ1v) is 10.1. The first-order valence-electron chi connectivity index (χ1n) is 10.1. The Morgan fingerprint density at radius 2 is 1.78 bits per heavy atom. The van der Waals surface area contributed by atoms with Gasteiger partial charge in [-0.2, -0.15) is 5.10 Å². The van der Waals surface area contributed by atoms with E-state index in [1.54, 1.807) is 0 Å². The average molecular weight is 491 g/mol. The summed E-state index contributed by atoms with van der Waals surface area (Å²) in [5.74, 6) is 0.924. The molecule has 2 rings (SSSR count). The van der Waals surface area contributed by atoms with Crippen molar-refractivity contribution >= 4 is 29.9 Å². The Balaban J connectivity index is 0.00000364. The van der Waals surface area contributed by atoms with Crippen molar-refractivity contribution in [2.45, 2.75) is 40.7 Å². The average Bonchev–Trinajstić information content (AvgIpc) is 2.96. The molecule has 0 aromatic carbocycles. The third-order valence-electron chi connectivity index (χ3n) is 4.88. The van der Waals surface area contributed by atoms with E-state index in [0.29, 0.717) is 0 Å². The van der Waals surface area contributed by atoms with E-state index in [0.717, 1.165) is 50.8 Å². The van der Waals surface area contributed by atoms with Gasteiger partial charge in [-0.1, -0.05) is 6.92 Å². The number of aromatic nitrogens is 2. The molecule has 1 saturated heterocycles. The number of nitrogens with zero attached hydrogens (tertiary/aromatic N) is 5. The zero-order chi connectivity index (χ0) is 18.8. The lowest BCUT2D eigenvalue weighted by atomic mass is 10.3. The first-order chi connectivity index (χ1) is 12.6. The molecule has 1 fully saturated rings. The Kier molecular flexibility index (Phi) is 11.9. The Bertz CT molecular complexity index is 550. The first kappa shape index (κ1) is 24.2. The van der Waals surface area contributed by atoms with E-state index in [4.69, 9.17) is 4.99 Å². The van der Waals surface area contributed by atoms with Crippen molar-refractivity contribution in [2.24, 2.45) is 4.99 Å². The van der Waals surface area contributed by atoms with E-state index < -0.39 is 0 Å². The number of likely N-dealkylation sites (N-methyl/N-ethyl adjacent to an activating group) is 1. The van der Waals surface area contributed by atoms with Crippen LogP contribution in [0.4, 0.5) is 0 Å². The van der Waals surface area contributed by atoms with Crippen molar-refractivity contribution in [3.63, 3.8) is 0 Å². The molecule has 0 atom stereocenters. The van der Waals surface area contributed by atoms with Crippen LogP contribution in [-0.2, 0) is 6.54 Å². The van der Waals surface area contributed by atoms with Crippen LogP contribution in [0.2, 0.25) is 0 Å². The van der Waals surface area contributed by atoms with Gasteiger partial charge >= 0.3 is 0 Å². The number of halogens is 1. The van der Waals surface area contributed by atoms with E-state index in [1.165, 1.54) is 38.4 Å². The van der Waals surface area contributed by atoms with Crippen molar-refractivity contribution in [2.75, 3.05) is 58.9 Å². The summed E-state index contributed by atoms with van der Waals surface area (Å²) < 4.78 is 2.07. The van der Waals surface area contributed by atoms with Crippen LogP contribution in [0.1, 0.15) is 31.7 Å². The van der Waals surface area contributed by atoms with Crippen LogP contribution in [0, 0.1) is 13.8 Å². The predicted molar refractivity (Wildman–Crippen MR) is 124 cm³/mol. The predicted octanol–water partition coefficient (Wildman–Crippen LogP) is 1.70. The van der Waals surface area contributed by atoms with Crippen LogP contribution in [0.3, 0.4) is 0 Å². The molecule has 1 aromatic rings. The molecule has 1 aromatic heterocycles. The molecule has 0 unspecified atom stereocenters. The fourth-order valence-electron chi connectivity index (χ4n) is 3.32. The van der Waals surface area contributed by atoms with Crippen molar-refractivity contribution in [1.29, 1.82) is 0 Å². The van der Waals surface area contributed by atoms with Gasteiger partial charge in [-0.25, -0.2) is 0 Å². The van der Waals surface area contributed by atoms with Gasteiger partial charge in [-0.15, -0.1) is 24.0 Å². The number of rotatable bonds is 9. The van der Waals surface area contributed by atoms with Crippen molar-refractivity contribution < 1.29 is 0 Å². The normalized spacial score (nSPS) is 16.2. The highest BCUT2D eigenvalue weighted by Crippen LogP contribution is 2.03. The van der Waals surface area contributed by atoms with E-state index in [2.05, 4.69) is 57.1 Å². The third kappa shape index (κ3) is 8.78. The second-order valence-electron chi connectivity index (χ2n) is 6.97.